The Morgan fingerprint density at radius 1 is 0.780 bits per heavy atom. The average molecular weight is 749 g/mol. The van der Waals surface area contributed by atoms with E-state index in [1.807, 2.05) is 24.3 Å². The quantitative estimate of drug-likeness (QED) is 0.152. The third-order valence-electron chi connectivity index (χ3n) is 11.6. The number of H-pyrrole nitrogens is 1. The normalized spacial score (nSPS) is 21.1. The van der Waals surface area contributed by atoms with Crippen molar-refractivity contribution in [3.63, 3.8) is 0 Å². The molecule has 9 nitrogen and oxygen atoms in total. The zero-order valence-corrected chi connectivity index (χ0v) is 37.0. The number of hydrogen-bond donors (Lipinski definition) is 1. The molecule has 0 bridgehead atoms. The molecule has 12 heteroatoms. The van der Waals surface area contributed by atoms with Crippen LogP contribution in [-0.2, 0) is 24.4 Å². The molecule has 0 spiro atoms. The van der Waals surface area contributed by atoms with Gasteiger partial charge >= 0.3 is 5.69 Å². The predicted octanol–water partition coefficient (Wildman–Crippen LogP) is 9.01. The summed E-state index contributed by atoms with van der Waals surface area (Å²) in [4.78, 5) is 29.5. The highest BCUT2D eigenvalue weighted by atomic mass is 28.4. The minimum atomic E-state index is -2.42. The average Bonchev–Trinajstić information content (AvgIpc) is 3.27. The summed E-state index contributed by atoms with van der Waals surface area (Å²) >= 11 is 0. The van der Waals surface area contributed by atoms with Crippen LogP contribution >= 0.6 is 0 Å². The number of benzene rings is 1. The molecule has 50 heavy (non-hydrogen) atoms. The van der Waals surface area contributed by atoms with Gasteiger partial charge in [-0.15, -0.1) is 0 Å². The summed E-state index contributed by atoms with van der Waals surface area (Å²) < 4.78 is 35.5. The van der Waals surface area contributed by atoms with Crippen LogP contribution in [0.15, 0.2) is 40.1 Å². The van der Waals surface area contributed by atoms with Gasteiger partial charge in [-0.2, -0.15) is 0 Å². The smallest absolute Gasteiger partial charge is 0.330 e. The fourth-order valence-corrected chi connectivity index (χ4v) is 8.59. The van der Waals surface area contributed by atoms with Crippen LogP contribution in [0.2, 0.25) is 54.4 Å². The molecule has 4 atom stereocenters. The monoisotopic (exact) mass is 748 g/mol. The Morgan fingerprint density at radius 3 is 1.80 bits per heavy atom. The molecular weight excluding hydrogens is 681 g/mol. The van der Waals surface area contributed by atoms with Crippen LogP contribution in [0.4, 0.5) is 0 Å². The van der Waals surface area contributed by atoms with E-state index in [1.165, 1.54) is 4.57 Å². The first-order chi connectivity index (χ1) is 22.7. The van der Waals surface area contributed by atoms with Crippen molar-refractivity contribution in [2.24, 2.45) is 0 Å². The lowest BCUT2D eigenvalue weighted by molar-refractivity contribution is -0.0511. The van der Waals surface area contributed by atoms with Gasteiger partial charge in [0.1, 0.15) is 24.1 Å². The first kappa shape index (κ1) is 42.6. The number of rotatable bonds is 14. The van der Waals surface area contributed by atoms with Gasteiger partial charge in [0.2, 0.25) is 0 Å². The van der Waals surface area contributed by atoms with Gasteiger partial charge in [-0.05, 0) is 78.5 Å². The third kappa shape index (κ3) is 10.2. The first-order valence-electron chi connectivity index (χ1n) is 18.4. The van der Waals surface area contributed by atoms with Gasteiger partial charge in [-0.3, -0.25) is 14.3 Å². The van der Waals surface area contributed by atoms with Crippen LogP contribution < -0.4 is 16.0 Å². The van der Waals surface area contributed by atoms with Gasteiger partial charge in [0.25, 0.3) is 5.56 Å². The summed E-state index contributed by atoms with van der Waals surface area (Å²) in [5.74, 6) is 0.796. The highest BCUT2D eigenvalue weighted by Gasteiger charge is 2.55. The molecular formula is C38H68N2O7Si3. The molecule has 0 radical (unpaired) electrons. The van der Waals surface area contributed by atoms with Crippen LogP contribution in [0.1, 0.15) is 99.4 Å². The van der Waals surface area contributed by atoms with Gasteiger partial charge in [-0.1, -0.05) is 87.8 Å². The summed E-state index contributed by atoms with van der Waals surface area (Å²) in [5.41, 5.74) is 0.442. The maximum atomic E-state index is 13.7. The highest BCUT2D eigenvalue weighted by Crippen LogP contribution is 2.46. The van der Waals surface area contributed by atoms with Crippen molar-refractivity contribution >= 4 is 25.0 Å². The second kappa shape index (κ2) is 15.7. The first-order valence-corrected chi connectivity index (χ1v) is 27.1. The maximum absolute atomic E-state index is 13.7. The van der Waals surface area contributed by atoms with Gasteiger partial charge in [0.15, 0.2) is 31.2 Å². The molecule has 0 aliphatic carbocycles. The lowest BCUT2D eigenvalue weighted by atomic mass is 10.1. The maximum Gasteiger partial charge on any atom is 0.330 e. The standard InChI is InChI=1S/C38H68N2O7Si3/c1-17-18-23-43-29-21-19-27(20-22-29)24-28-25-40(35(42)39-33(28)41)34-32(47-50(15,16)38(8,9)10)31(46-49(13,14)37(5,6)7)30(45-34)26-44-48(11,12)36(2,3)4/h19-22,25,30-32,34H,17-18,23-24,26H2,1-16H3,(H,39,41,42)/t30-,31-,32-,34-/m1/s1. The summed E-state index contributed by atoms with van der Waals surface area (Å²) in [6, 6.07) is 7.77. The van der Waals surface area contributed by atoms with E-state index in [0.29, 0.717) is 25.2 Å². The molecule has 284 valence electrons. The summed E-state index contributed by atoms with van der Waals surface area (Å²) in [7, 11) is -6.95. The Balaban J connectivity index is 2.13. The van der Waals surface area contributed by atoms with Gasteiger partial charge in [0.05, 0.1) is 13.2 Å². The van der Waals surface area contributed by atoms with Crippen molar-refractivity contribution in [1.82, 2.24) is 9.55 Å². The van der Waals surface area contributed by atoms with Crippen molar-refractivity contribution in [2.75, 3.05) is 13.2 Å². The van der Waals surface area contributed by atoms with Gasteiger partial charge < -0.3 is 22.8 Å². The Morgan fingerprint density at radius 2 is 1.30 bits per heavy atom. The Hall–Kier alpha value is -1.81. The van der Waals surface area contributed by atoms with E-state index in [0.717, 1.165) is 24.2 Å². The number of unbranched alkanes of at least 4 members (excludes halogenated alkanes) is 1. The fourth-order valence-electron chi connectivity index (χ4n) is 4.97. The Bertz CT molecular complexity index is 1530. The number of nitrogens with zero attached hydrogens (tertiary/aromatic N) is 1. The van der Waals surface area contributed by atoms with Crippen molar-refractivity contribution < 1.29 is 22.8 Å². The molecule has 3 rings (SSSR count). The van der Waals surface area contributed by atoms with E-state index < -0.39 is 60.7 Å². The zero-order chi connectivity index (χ0) is 38.1. The van der Waals surface area contributed by atoms with Gasteiger partial charge in [0, 0.05) is 18.2 Å². The second-order valence-electron chi connectivity index (χ2n) is 18.7. The molecule has 1 aliphatic rings. The fraction of sp³-hybridized carbons (Fsp3) is 0.737. The van der Waals surface area contributed by atoms with E-state index in [4.69, 9.17) is 22.8 Å². The lowest BCUT2D eigenvalue weighted by Crippen LogP contribution is -2.55. The molecule has 0 unspecified atom stereocenters. The van der Waals surface area contributed by atoms with E-state index in [9.17, 15) is 9.59 Å². The second-order valence-corrected chi connectivity index (χ2v) is 33.0. The largest absolute Gasteiger partial charge is 0.494 e. The van der Waals surface area contributed by atoms with Crippen molar-refractivity contribution in [3.05, 3.63) is 62.4 Å². The topological polar surface area (TPSA) is 101 Å². The Labute approximate surface area is 305 Å². The van der Waals surface area contributed by atoms with E-state index >= 15 is 0 Å². The zero-order valence-electron chi connectivity index (χ0n) is 34.0. The number of aromatic nitrogens is 2. The van der Waals surface area contributed by atoms with Crippen LogP contribution in [0, 0.1) is 0 Å². The minimum Gasteiger partial charge on any atom is -0.494 e. The highest BCUT2D eigenvalue weighted by molar-refractivity contribution is 6.75. The SMILES string of the molecule is CCCCOc1ccc(Cc2cn([C@@H]3O[C@H](CO[Si](C)(C)C(C)(C)C)[C@@H](O[Si](C)(C)C(C)(C)C)[C@H]3O[Si](C)(C)C(C)(C)C)c(=O)[nH]c2=O)cc1. The molecule has 1 aromatic heterocycles. The molecule has 0 amide bonds. The summed E-state index contributed by atoms with van der Waals surface area (Å²) in [6.45, 7) is 36.4. The molecule has 1 fully saturated rings. The Kier molecular flexibility index (Phi) is 13.3. The molecule has 2 aromatic rings. The molecule has 2 heterocycles. The van der Waals surface area contributed by atoms with Crippen LogP contribution in [0.25, 0.3) is 0 Å². The number of nitrogens with one attached hydrogen (secondary N) is 1. The van der Waals surface area contributed by atoms with Crippen molar-refractivity contribution in [2.45, 2.75) is 167 Å². The number of aromatic amines is 1. The molecule has 1 saturated heterocycles. The van der Waals surface area contributed by atoms with E-state index in [2.05, 4.69) is 114 Å². The van der Waals surface area contributed by atoms with Crippen molar-refractivity contribution in [3.8, 4) is 5.75 Å². The molecule has 1 aliphatic heterocycles. The molecule has 1 N–H and O–H groups in total. The van der Waals surface area contributed by atoms with Crippen LogP contribution in [0.3, 0.4) is 0 Å². The lowest BCUT2D eigenvalue weighted by Gasteiger charge is -2.44. The summed E-state index contributed by atoms with van der Waals surface area (Å²) in [6.07, 6.45) is 1.65. The predicted molar refractivity (Wildman–Crippen MR) is 212 cm³/mol. The number of hydrogen-bond acceptors (Lipinski definition) is 7. The minimum absolute atomic E-state index is 0.00240. The number of ether oxygens (including phenoxy) is 2. The van der Waals surface area contributed by atoms with Crippen LogP contribution in [0.5, 0.6) is 5.75 Å². The van der Waals surface area contributed by atoms with Gasteiger partial charge in [-0.25, -0.2) is 4.79 Å². The third-order valence-corrected chi connectivity index (χ3v) is 25.0. The van der Waals surface area contributed by atoms with Crippen molar-refractivity contribution in [1.29, 1.82) is 0 Å². The van der Waals surface area contributed by atoms with Crippen LogP contribution in [-0.4, -0.2) is 66.0 Å². The van der Waals surface area contributed by atoms with E-state index in [1.54, 1.807) is 6.20 Å². The molecule has 1 aromatic carbocycles. The molecule has 0 saturated carbocycles. The van der Waals surface area contributed by atoms with E-state index in [-0.39, 0.29) is 15.1 Å². The summed E-state index contributed by atoms with van der Waals surface area (Å²) in [5, 5.41) is -0.180.